The minimum absolute atomic E-state index is 0.0359. The molecule has 7 heteroatoms. The second-order valence-electron chi connectivity index (χ2n) is 5.12. The predicted molar refractivity (Wildman–Crippen MR) is 85.4 cm³/mol. The Balaban J connectivity index is 2.04. The van der Waals surface area contributed by atoms with Gasteiger partial charge in [-0.1, -0.05) is 11.6 Å². The molecule has 21 heavy (non-hydrogen) atoms. The molecule has 0 unspecified atom stereocenters. The molecule has 1 saturated heterocycles. The maximum Gasteiger partial charge on any atom is 0.254 e. The van der Waals surface area contributed by atoms with Gasteiger partial charge in [0.05, 0.1) is 11.6 Å². The van der Waals surface area contributed by atoms with Crippen molar-refractivity contribution >= 4 is 39.3 Å². The third kappa shape index (κ3) is 3.96. The van der Waals surface area contributed by atoms with Crippen LogP contribution < -0.4 is 5.73 Å². The van der Waals surface area contributed by atoms with Crippen LogP contribution in [-0.4, -0.2) is 54.3 Å². The van der Waals surface area contributed by atoms with E-state index in [-0.39, 0.29) is 18.4 Å². The van der Waals surface area contributed by atoms with Crippen LogP contribution in [-0.2, 0) is 4.79 Å². The van der Waals surface area contributed by atoms with E-state index in [1.54, 1.807) is 11.0 Å². The number of amides is 2. The van der Waals surface area contributed by atoms with E-state index >= 15 is 0 Å². The summed E-state index contributed by atoms with van der Waals surface area (Å²) in [5.41, 5.74) is 6.69. The molecule has 0 atom stereocenters. The highest BCUT2D eigenvalue weighted by Gasteiger charge is 2.23. The number of nitrogens with two attached hydrogens (primary N) is 1. The summed E-state index contributed by atoms with van der Waals surface area (Å²) in [5, 5.41) is 0.533. The summed E-state index contributed by atoms with van der Waals surface area (Å²) in [6, 6.07) is 3.50. The number of nitrogens with zero attached hydrogens (tertiary/aromatic N) is 2. The van der Waals surface area contributed by atoms with Crippen LogP contribution in [0.2, 0.25) is 5.02 Å². The molecule has 1 aliphatic heterocycles. The monoisotopic (exact) mass is 373 g/mol. The fourth-order valence-corrected chi connectivity index (χ4v) is 2.86. The molecule has 1 aromatic rings. The standard InChI is InChI=1S/C14H17BrClN3O2/c1-9-6-10(7-11(16)13(9)15)14(21)19-4-2-18(3-5-19)8-12(17)20/h6-7H,2-5,8H2,1H3,(H2,17,20). The molecule has 5 nitrogen and oxygen atoms in total. The molecule has 114 valence electrons. The van der Waals surface area contributed by atoms with Gasteiger partial charge >= 0.3 is 0 Å². The number of hydrogen-bond donors (Lipinski definition) is 1. The summed E-state index contributed by atoms with van der Waals surface area (Å²) < 4.78 is 0.812. The first-order valence-corrected chi connectivity index (χ1v) is 7.81. The lowest BCUT2D eigenvalue weighted by atomic mass is 10.1. The molecule has 2 N–H and O–H groups in total. The first-order chi connectivity index (χ1) is 9.88. The average molecular weight is 375 g/mol. The molecule has 0 aromatic heterocycles. The van der Waals surface area contributed by atoms with Gasteiger partial charge in [0.1, 0.15) is 0 Å². The van der Waals surface area contributed by atoms with Crippen LogP contribution in [0.15, 0.2) is 16.6 Å². The Morgan fingerprint density at radius 1 is 1.29 bits per heavy atom. The Morgan fingerprint density at radius 3 is 2.43 bits per heavy atom. The molecular formula is C14H17BrClN3O2. The summed E-state index contributed by atoms with van der Waals surface area (Å²) in [5.74, 6) is -0.378. The molecule has 1 fully saturated rings. The van der Waals surface area contributed by atoms with E-state index in [0.717, 1.165) is 10.0 Å². The van der Waals surface area contributed by atoms with Crippen LogP contribution in [0.1, 0.15) is 15.9 Å². The Labute approximate surface area is 137 Å². The van der Waals surface area contributed by atoms with Crippen molar-refractivity contribution in [3.8, 4) is 0 Å². The largest absolute Gasteiger partial charge is 0.369 e. The molecular weight excluding hydrogens is 358 g/mol. The van der Waals surface area contributed by atoms with E-state index in [9.17, 15) is 9.59 Å². The van der Waals surface area contributed by atoms with Gasteiger partial charge in [0.25, 0.3) is 5.91 Å². The summed E-state index contributed by atoms with van der Waals surface area (Å²) in [6.07, 6.45) is 0. The molecule has 0 spiro atoms. The lowest BCUT2D eigenvalue weighted by Crippen LogP contribution is -2.50. The smallest absolute Gasteiger partial charge is 0.254 e. The first-order valence-electron chi connectivity index (χ1n) is 6.64. The number of aryl methyl sites for hydroxylation is 1. The highest BCUT2D eigenvalue weighted by Crippen LogP contribution is 2.28. The van der Waals surface area contributed by atoms with E-state index in [1.807, 2.05) is 17.9 Å². The van der Waals surface area contributed by atoms with E-state index in [4.69, 9.17) is 17.3 Å². The van der Waals surface area contributed by atoms with Gasteiger partial charge < -0.3 is 10.6 Å². The molecule has 1 aromatic carbocycles. The van der Waals surface area contributed by atoms with E-state index in [1.165, 1.54) is 0 Å². The van der Waals surface area contributed by atoms with Crippen molar-refractivity contribution in [3.63, 3.8) is 0 Å². The lowest BCUT2D eigenvalue weighted by Gasteiger charge is -2.34. The van der Waals surface area contributed by atoms with Crippen molar-refractivity contribution in [3.05, 3.63) is 32.8 Å². The predicted octanol–water partition coefficient (Wildman–Crippen LogP) is 1.65. The van der Waals surface area contributed by atoms with Crippen LogP contribution in [0.25, 0.3) is 0 Å². The van der Waals surface area contributed by atoms with Gasteiger partial charge in [0, 0.05) is 36.2 Å². The van der Waals surface area contributed by atoms with Crippen molar-refractivity contribution in [1.82, 2.24) is 9.80 Å². The number of benzene rings is 1. The van der Waals surface area contributed by atoms with Crippen molar-refractivity contribution in [2.24, 2.45) is 5.73 Å². The van der Waals surface area contributed by atoms with Crippen molar-refractivity contribution in [2.75, 3.05) is 32.7 Å². The maximum absolute atomic E-state index is 12.5. The van der Waals surface area contributed by atoms with Crippen LogP contribution in [0.4, 0.5) is 0 Å². The number of halogens is 2. The molecule has 0 radical (unpaired) electrons. The highest BCUT2D eigenvalue weighted by atomic mass is 79.9. The van der Waals surface area contributed by atoms with Gasteiger partial charge in [-0.05, 0) is 40.5 Å². The number of rotatable bonds is 3. The van der Waals surface area contributed by atoms with Crippen LogP contribution in [0.5, 0.6) is 0 Å². The van der Waals surface area contributed by atoms with Crippen molar-refractivity contribution in [1.29, 1.82) is 0 Å². The van der Waals surface area contributed by atoms with Gasteiger partial charge in [-0.3, -0.25) is 14.5 Å². The molecule has 2 amide bonds. The van der Waals surface area contributed by atoms with Crippen LogP contribution in [0.3, 0.4) is 0 Å². The zero-order valence-corrected chi connectivity index (χ0v) is 14.1. The lowest BCUT2D eigenvalue weighted by molar-refractivity contribution is -0.119. The fraction of sp³-hybridized carbons (Fsp3) is 0.429. The Hall–Kier alpha value is -1.11. The molecule has 1 aliphatic rings. The Kier molecular flexibility index (Phi) is 5.24. The molecule has 1 heterocycles. The minimum atomic E-state index is -0.343. The average Bonchev–Trinajstić information content (AvgIpc) is 2.43. The second-order valence-corrected chi connectivity index (χ2v) is 6.32. The number of piperazine rings is 1. The van der Waals surface area contributed by atoms with E-state index in [0.29, 0.717) is 36.8 Å². The molecule has 0 aliphatic carbocycles. The molecule has 0 saturated carbocycles. The topological polar surface area (TPSA) is 66.6 Å². The SMILES string of the molecule is Cc1cc(C(=O)N2CCN(CC(N)=O)CC2)cc(Cl)c1Br. The van der Waals surface area contributed by atoms with Gasteiger partial charge in [0.2, 0.25) is 5.91 Å². The van der Waals surface area contributed by atoms with E-state index in [2.05, 4.69) is 15.9 Å². The quantitative estimate of drug-likeness (QED) is 0.875. The molecule has 0 bridgehead atoms. The summed E-state index contributed by atoms with van der Waals surface area (Å²) in [7, 11) is 0. The minimum Gasteiger partial charge on any atom is -0.369 e. The normalized spacial score (nSPS) is 16.0. The van der Waals surface area contributed by atoms with Gasteiger partial charge in [-0.2, -0.15) is 0 Å². The second kappa shape index (κ2) is 6.77. The number of primary amides is 1. The van der Waals surface area contributed by atoms with E-state index < -0.39 is 0 Å². The van der Waals surface area contributed by atoms with Crippen molar-refractivity contribution < 1.29 is 9.59 Å². The number of carbonyl (C=O) groups is 2. The highest BCUT2D eigenvalue weighted by molar-refractivity contribution is 9.10. The van der Waals surface area contributed by atoms with Gasteiger partial charge in [0.15, 0.2) is 0 Å². The summed E-state index contributed by atoms with van der Waals surface area (Å²) in [6.45, 7) is 4.61. The number of carbonyl (C=O) groups excluding carboxylic acids is 2. The summed E-state index contributed by atoms with van der Waals surface area (Å²) in [4.78, 5) is 27.1. The van der Waals surface area contributed by atoms with Gasteiger partial charge in [-0.15, -0.1) is 0 Å². The maximum atomic E-state index is 12.5. The molecule has 2 rings (SSSR count). The number of hydrogen-bond acceptors (Lipinski definition) is 3. The Bertz CT molecular complexity index is 548. The zero-order valence-electron chi connectivity index (χ0n) is 11.7. The zero-order chi connectivity index (χ0) is 15.6. The third-order valence-electron chi connectivity index (χ3n) is 3.50. The van der Waals surface area contributed by atoms with Crippen LogP contribution in [0, 0.1) is 6.92 Å². The van der Waals surface area contributed by atoms with Gasteiger partial charge in [-0.25, -0.2) is 0 Å². The fourth-order valence-electron chi connectivity index (χ4n) is 2.36. The summed E-state index contributed by atoms with van der Waals surface area (Å²) >= 11 is 9.49. The van der Waals surface area contributed by atoms with Crippen molar-refractivity contribution in [2.45, 2.75) is 6.92 Å². The third-order valence-corrected chi connectivity index (χ3v) is 5.07. The Morgan fingerprint density at radius 2 is 1.90 bits per heavy atom. The first kappa shape index (κ1) is 16.3. The van der Waals surface area contributed by atoms with Crippen LogP contribution >= 0.6 is 27.5 Å².